The molecule has 14 nitrogen and oxygen atoms in total. The van der Waals surface area contributed by atoms with Crippen molar-refractivity contribution in [3.05, 3.63) is 37.2 Å². The quantitative estimate of drug-likeness (QED) is 0.219. The number of tetrazole rings is 2. The molecule has 0 aliphatic heterocycles. The molecular formula is C10H12CdN12O2+2. The van der Waals surface area contributed by atoms with Crippen LogP contribution < -0.4 is 10.3 Å². The van der Waals surface area contributed by atoms with Gasteiger partial charge >= 0.3 is 27.3 Å². The van der Waals surface area contributed by atoms with Crippen LogP contribution in [0.5, 0.6) is 0 Å². The zero-order valence-electron chi connectivity index (χ0n) is 12.7. The van der Waals surface area contributed by atoms with Gasteiger partial charge in [-0.1, -0.05) is 0 Å². The van der Waals surface area contributed by atoms with E-state index >= 15 is 0 Å². The fourth-order valence-corrected chi connectivity index (χ4v) is 1.32. The minimum absolute atomic E-state index is 0. The Balaban J connectivity index is 0.000000411. The minimum Gasteiger partial charge on any atom is -0.457 e. The van der Waals surface area contributed by atoms with Crippen LogP contribution in [-0.2, 0) is 38.3 Å². The summed E-state index contributed by atoms with van der Waals surface area (Å²) in [6.45, 7) is 0. The second-order valence-electron chi connectivity index (χ2n) is 3.59. The van der Waals surface area contributed by atoms with E-state index in [4.69, 9.17) is 0 Å². The first-order chi connectivity index (χ1) is 10.9. The molecule has 6 N–H and O–H groups in total. The maximum absolute atomic E-state index is 3.95. The van der Waals surface area contributed by atoms with E-state index in [9.17, 15) is 0 Å². The first-order valence-electron chi connectivity index (χ1n) is 5.83. The average Bonchev–Trinajstić information content (AvgIpc) is 3.31. The van der Waals surface area contributed by atoms with E-state index in [1.165, 1.54) is 0 Å². The molecule has 15 heteroatoms. The number of hydrogen-bond donors (Lipinski definition) is 0. The minimum atomic E-state index is 0. The van der Waals surface area contributed by atoms with Gasteiger partial charge in [0.25, 0.3) is 0 Å². The number of rotatable bonds is 2. The third-order valence-electron chi connectivity index (χ3n) is 2.22. The van der Waals surface area contributed by atoms with Crippen molar-refractivity contribution in [1.82, 2.24) is 61.2 Å². The zero-order valence-corrected chi connectivity index (χ0v) is 16.7. The van der Waals surface area contributed by atoms with Gasteiger partial charge in [0.15, 0.2) is 0 Å². The summed E-state index contributed by atoms with van der Waals surface area (Å²) in [7, 11) is 0. The smallest absolute Gasteiger partial charge is 0.457 e. The molecule has 4 aromatic heterocycles. The topological polar surface area (TPSA) is 223 Å². The molecule has 4 rings (SSSR count). The summed E-state index contributed by atoms with van der Waals surface area (Å²) < 4.78 is 0. The van der Waals surface area contributed by atoms with Crippen LogP contribution in [0.15, 0.2) is 37.2 Å². The van der Waals surface area contributed by atoms with Gasteiger partial charge in [0.2, 0.25) is 0 Å². The normalized spacial score (nSPS) is 8.64. The molecule has 4 heterocycles. The van der Waals surface area contributed by atoms with Gasteiger partial charge in [0, 0.05) is 24.8 Å². The molecule has 0 unspecified atom stereocenters. The molecule has 0 atom stereocenters. The Kier molecular flexibility index (Phi) is 10.3. The van der Waals surface area contributed by atoms with E-state index in [1.807, 2.05) is 0 Å². The Bertz CT molecular complexity index is 714. The van der Waals surface area contributed by atoms with Crippen molar-refractivity contribution in [2.24, 2.45) is 0 Å². The molecule has 0 bridgehead atoms. The molecule has 0 radical (unpaired) electrons. The first kappa shape index (κ1) is 22.1. The van der Waals surface area contributed by atoms with Gasteiger partial charge in [-0.25, -0.2) is 5.10 Å². The van der Waals surface area contributed by atoms with E-state index in [0.29, 0.717) is 23.0 Å². The van der Waals surface area contributed by atoms with Crippen molar-refractivity contribution in [2.75, 3.05) is 0 Å². The molecule has 0 aliphatic rings. The summed E-state index contributed by atoms with van der Waals surface area (Å²) in [5.74, 6) is 0.802. The molecule has 4 aromatic rings. The van der Waals surface area contributed by atoms with Crippen LogP contribution >= 0.6 is 0 Å². The van der Waals surface area contributed by atoms with Crippen molar-refractivity contribution in [2.45, 2.75) is 0 Å². The number of aromatic nitrogens is 12. The van der Waals surface area contributed by atoms with Crippen molar-refractivity contribution in [3.63, 3.8) is 0 Å². The monoisotopic (exact) mass is 446 g/mol. The summed E-state index contributed by atoms with van der Waals surface area (Å²) in [5.41, 5.74) is 1.16. The van der Waals surface area contributed by atoms with Crippen LogP contribution in [0, 0.1) is 0 Å². The van der Waals surface area contributed by atoms with Crippen LogP contribution in [0.25, 0.3) is 23.0 Å². The van der Waals surface area contributed by atoms with E-state index in [0.717, 1.165) is 0 Å². The number of hydrogen-bond acceptors (Lipinski definition) is 10. The molecule has 0 aromatic carbocycles. The van der Waals surface area contributed by atoms with Crippen molar-refractivity contribution in [3.8, 4) is 23.0 Å². The second-order valence-corrected chi connectivity index (χ2v) is 3.59. The van der Waals surface area contributed by atoms with Crippen LogP contribution in [0.4, 0.5) is 0 Å². The zero-order chi connectivity index (χ0) is 15.0. The van der Waals surface area contributed by atoms with E-state index in [-0.39, 0.29) is 38.3 Å². The van der Waals surface area contributed by atoms with Gasteiger partial charge in [0.1, 0.15) is 5.69 Å². The van der Waals surface area contributed by atoms with E-state index in [2.05, 4.69) is 61.2 Å². The Morgan fingerprint density at radius 2 is 1.44 bits per heavy atom. The fourth-order valence-electron chi connectivity index (χ4n) is 1.32. The van der Waals surface area contributed by atoms with Crippen LogP contribution in [0.3, 0.4) is 0 Å². The largest absolute Gasteiger partial charge is 2.00 e. The standard InChI is InChI=1S/2C5H3N6.Cd.2H2O/c2*1-2-7-4(3-6-1)5-8-10-11-9-5;;;/h2*1-3H;;2*1H2/q2*-1;+2;;/p+2. The number of nitrogens with zero attached hydrogens (tertiary/aromatic N) is 12. The predicted molar refractivity (Wildman–Crippen MR) is 78.1 cm³/mol. The van der Waals surface area contributed by atoms with Crippen LogP contribution in [0.1, 0.15) is 0 Å². The second kappa shape index (κ2) is 11.6. The van der Waals surface area contributed by atoms with Gasteiger partial charge in [-0.05, 0) is 0 Å². The maximum atomic E-state index is 3.95. The summed E-state index contributed by atoms with van der Waals surface area (Å²) >= 11 is 0. The van der Waals surface area contributed by atoms with Crippen LogP contribution in [0.2, 0.25) is 0 Å². The Labute approximate surface area is 159 Å². The third-order valence-corrected chi connectivity index (χ3v) is 2.22. The van der Waals surface area contributed by atoms with Gasteiger partial charge in [-0.15, -0.1) is 0 Å². The van der Waals surface area contributed by atoms with Crippen molar-refractivity contribution >= 4 is 0 Å². The SMILES string of the molecule is [Cd+2].[OH3+].[OH3+].c1cnc(-c2nn[n-]n2)cn1.c1cnc(-c2nnn[n-]2)cn1. The molecule has 0 saturated carbocycles. The average molecular weight is 445 g/mol. The van der Waals surface area contributed by atoms with Gasteiger partial charge in [-0.3, -0.25) is 40.7 Å². The summed E-state index contributed by atoms with van der Waals surface area (Å²) in [5, 5.41) is 27.7. The Morgan fingerprint density at radius 3 is 1.92 bits per heavy atom. The predicted octanol–water partition coefficient (Wildman–Crippen LogP) is -3.27. The summed E-state index contributed by atoms with van der Waals surface area (Å²) in [6.07, 6.45) is 9.38. The Hall–Kier alpha value is -2.86. The van der Waals surface area contributed by atoms with Crippen LogP contribution in [-0.4, -0.2) is 50.9 Å². The van der Waals surface area contributed by atoms with Crippen molar-refractivity contribution < 1.29 is 38.3 Å². The maximum Gasteiger partial charge on any atom is 2.00 e. The molecule has 0 saturated heterocycles. The summed E-state index contributed by atoms with van der Waals surface area (Å²) in [4.78, 5) is 15.6. The molecule has 0 spiro atoms. The molecule has 124 valence electrons. The first-order valence-corrected chi connectivity index (χ1v) is 5.83. The summed E-state index contributed by atoms with van der Waals surface area (Å²) in [6, 6.07) is 0. The molecule has 0 amide bonds. The fraction of sp³-hybridized carbons (Fsp3) is 0. The van der Waals surface area contributed by atoms with Gasteiger partial charge in [-0.2, -0.15) is 5.21 Å². The Morgan fingerprint density at radius 1 is 0.760 bits per heavy atom. The molecule has 25 heavy (non-hydrogen) atoms. The van der Waals surface area contributed by atoms with Gasteiger partial charge < -0.3 is 21.1 Å². The molecule has 0 aliphatic carbocycles. The van der Waals surface area contributed by atoms with Crippen molar-refractivity contribution in [1.29, 1.82) is 0 Å². The van der Waals surface area contributed by atoms with E-state index < -0.39 is 0 Å². The molecular weight excluding hydrogens is 433 g/mol. The van der Waals surface area contributed by atoms with E-state index in [1.54, 1.807) is 37.2 Å². The molecule has 0 fully saturated rings. The third kappa shape index (κ3) is 6.27. The van der Waals surface area contributed by atoms with Gasteiger partial charge in [0.05, 0.1) is 29.7 Å².